The molecule has 0 aliphatic heterocycles. The van der Waals surface area contributed by atoms with Crippen molar-refractivity contribution in [2.75, 3.05) is 5.88 Å². The Bertz CT molecular complexity index is 59.0. The van der Waals surface area contributed by atoms with Gasteiger partial charge in [-0.1, -0.05) is 19.8 Å². The van der Waals surface area contributed by atoms with Crippen molar-refractivity contribution in [3.63, 3.8) is 0 Å². The lowest BCUT2D eigenvalue weighted by molar-refractivity contribution is 0.702. The standard InChI is InChI=1S/C6H14Cl2Si/c1-6(9-8)4-2-3-5-7/h6H,2-5,9H2,1H3. The van der Waals surface area contributed by atoms with Crippen LogP contribution in [0.5, 0.6) is 0 Å². The lowest BCUT2D eigenvalue weighted by Gasteiger charge is -2.03. The molecule has 0 aromatic heterocycles. The van der Waals surface area contributed by atoms with Crippen molar-refractivity contribution in [2.45, 2.75) is 31.7 Å². The fraction of sp³-hybridized carbons (Fsp3) is 1.00. The fourth-order valence-electron chi connectivity index (χ4n) is 0.664. The molecule has 0 aliphatic rings. The number of unbranched alkanes of at least 4 members (excludes halogenated alkanes) is 1. The lowest BCUT2D eigenvalue weighted by atomic mass is 10.2. The van der Waals surface area contributed by atoms with Crippen molar-refractivity contribution in [1.29, 1.82) is 0 Å². The number of halogens is 2. The van der Waals surface area contributed by atoms with Crippen molar-refractivity contribution < 1.29 is 0 Å². The highest BCUT2D eigenvalue weighted by molar-refractivity contribution is 6.94. The van der Waals surface area contributed by atoms with Crippen LogP contribution < -0.4 is 0 Å². The highest BCUT2D eigenvalue weighted by atomic mass is 35.6. The average molecular weight is 185 g/mol. The molecule has 0 heterocycles. The minimum Gasteiger partial charge on any atom is -0.176 e. The zero-order valence-corrected chi connectivity index (χ0v) is 8.79. The molecule has 0 radical (unpaired) electrons. The zero-order valence-electron chi connectivity index (χ0n) is 5.87. The Hall–Kier alpha value is 0.797. The molecule has 0 aromatic carbocycles. The molecular formula is C6H14Cl2Si. The summed E-state index contributed by atoms with van der Waals surface area (Å²) in [6.45, 7) is 2.23. The first-order valence-corrected chi connectivity index (χ1v) is 6.92. The second-order valence-corrected chi connectivity index (χ2v) is 5.45. The van der Waals surface area contributed by atoms with Gasteiger partial charge in [0.2, 0.25) is 0 Å². The van der Waals surface area contributed by atoms with Crippen LogP contribution in [-0.2, 0) is 0 Å². The van der Waals surface area contributed by atoms with Crippen LogP contribution in [0.1, 0.15) is 26.2 Å². The maximum absolute atomic E-state index is 5.74. The highest BCUT2D eigenvalue weighted by Crippen LogP contribution is 2.13. The molecule has 0 saturated carbocycles. The van der Waals surface area contributed by atoms with Crippen LogP contribution >= 0.6 is 22.7 Å². The van der Waals surface area contributed by atoms with Crippen molar-refractivity contribution in [3.05, 3.63) is 0 Å². The molecule has 0 aromatic rings. The summed E-state index contributed by atoms with van der Waals surface area (Å²) in [6.07, 6.45) is 3.68. The molecule has 56 valence electrons. The zero-order chi connectivity index (χ0) is 7.11. The molecule has 0 amide bonds. The molecule has 9 heavy (non-hydrogen) atoms. The molecule has 0 nitrogen and oxygen atoms in total. The second-order valence-electron chi connectivity index (χ2n) is 2.44. The van der Waals surface area contributed by atoms with E-state index in [0.29, 0.717) is 0 Å². The van der Waals surface area contributed by atoms with Gasteiger partial charge in [-0.2, -0.15) is 11.1 Å². The third-order valence-electron chi connectivity index (χ3n) is 1.34. The summed E-state index contributed by atoms with van der Waals surface area (Å²) in [7, 11) is -0.260. The van der Waals surface area contributed by atoms with Gasteiger partial charge >= 0.3 is 0 Å². The van der Waals surface area contributed by atoms with Crippen molar-refractivity contribution >= 4 is 31.5 Å². The summed E-state index contributed by atoms with van der Waals surface area (Å²) in [5, 5.41) is 0. The van der Waals surface area contributed by atoms with Gasteiger partial charge < -0.3 is 0 Å². The van der Waals surface area contributed by atoms with Crippen LogP contribution in [0.4, 0.5) is 0 Å². The van der Waals surface area contributed by atoms with Gasteiger partial charge in [0.25, 0.3) is 0 Å². The normalized spacial score (nSPS) is 15.0. The first-order chi connectivity index (χ1) is 4.31. The Kier molecular flexibility index (Phi) is 7.52. The number of rotatable bonds is 5. The van der Waals surface area contributed by atoms with E-state index in [1.54, 1.807) is 0 Å². The molecule has 0 spiro atoms. The maximum atomic E-state index is 5.74. The number of hydrogen-bond acceptors (Lipinski definition) is 0. The average Bonchev–Trinajstić information content (AvgIpc) is 1.89. The van der Waals surface area contributed by atoms with E-state index in [2.05, 4.69) is 6.92 Å². The van der Waals surface area contributed by atoms with Crippen molar-refractivity contribution in [2.24, 2.45) is 0 Å². The van der Waals surface area contributed by atoms with E-state index >= 15 is 0 Å². The molecule has 0 aliphatic carbocycles. The summed E-state index contributed by atoms with van der Waals surface area (Å²) in [6, 6.07) is 0. The van der Waals surface area contributed by atoms with Gasteiger partial charge in [0.15, 0.2) is 0 Å². The van der Waals surface area contributed by atoms with Gasteiger partial charge in [0, 0.05) is 5.88 Å². The van der Waals surface area contributed by atoms with E-state index in [-0.39, 0.29) is 8.83 Å². The molecule has 1 atom stereocenters. The molecule has 0 saturated heterocycles. The Morgan fingerprint density at radius 2 is 2.11 bits per heavy atom. The molecule has 0 fully saturated rings. The van der Waals surface area contributed by atoms with Crippen LogP contribution in [-0.4, -0.2) is 14.7 Å². The summed E-state index contributed by atoms with van der Waals surface area (Å²) in [5.41, 5.74) is 0.801. The molecule has 1 unspecified atom stereocenters. The molecular weight excluding hydrogens is 171 g/mol. The SMILES string of the molecule is CC(CCCCCl)[SiH2]Cl. The Balaban J connectivity index is 2.88. The Labute approximate surface area is 69.5 Å². The van der Waals surface area contributed by atoms with Crippen LogP contribution in [0.3, 0.4) is 0 Å². The minimum atomic E-state index is -0.260. The van der Waals surface area contributed by atoms with Gasteiger partial charge in [0.1, 0.15) is 8.83 Å². The largest absolute Gasteiger partial charge is 0.176 e. The highest BCUT2D eigenvalue weighted by Gasteiger charge is 1.98. The number of hydrogen-bond donors (Lipinski definition) is 0. The van der Waals surface area contributed by atoms with Crippen molar-refractivity contribution in [3.8, 4) is 0 Å². The maximum Gasteiger partial charge on any atom is 0.128 e. The van der Waals surface area contributed by atoms with Crippen LogP contribution in [0.25, 0.3) is 0 Å². The first-order valence-electron chi connectivity index (χ1n) is 3.43. The van der Waals surface area contributed by atoms with Gasteiger partial charge in [-0.3, -0.25) is 0 Å². The van der Waals surface area contributed by atoms with Crippen molar-refractivity contribution in [1.82, 2.24) is 0 Å². The third kappa shape index (κ3) is 6.69. The van der Waals surface area contributed by atoms with Gasteiger partial charge in [-0.25, -0.2) is 0 Å². The van der Waals surface area contributed by atoms with E-state index in [1.807, 2.05) is 0 Å². The van der Waals surface area contributed by atoms with Crippen LogP contribution in [0, 0.1) is 0 Å². The Morgan fingerprint density at radius 3 is 2.56 bits per heavy atom. The monoisotopic (exact) mass is 184 g/mol. The van der Waals surface area contributed by atoms with Gasteiger partial charge in [-0.15, -0.1) is 11.6 Å². The van der Waals surface area contributed by atoms with Crippen LogP contribution in [0.15, 0.2) is 0 Å². The number of alkyl halides is 1. The van der Waals surface area contributed by atoms with E-state index in [1.165, 1.54) is 12.8 Å². The molecule has 3 heteroatoms. The topological polar surface area (TPSA) is 0 Å². The summed E-state index contributed by atoms with van der Waals surface area (Å²) < 4.78 is 0. The fourth-order valence-corrected chi connectivity index (χ4v) is 1.76. The minimum absolute atomic E-state index is 0.260. The predicted octanol–water partition coefficient (Wildman–Crippen LogP) is 2.53. The third-order valence-corrected chi connectivity index (χ3v) is 4.13. The van der Waals surface area contributed by atoms with E-state index < -0.39 is 0 Å². The van der Waals surface area contributed by atoms with E-state index in [9.17, 15) is 0 Å². The smallest absolute Gasteiger partial charge is 0.128 e. The molecule has 0 bridgehead atoms. The lowest BCUT2D eigenvalue weighted by Crippen LogP contribution is -1.91. The molecule has 0 rings (SSSR count). The van der Waals surface area contributed by atoms with E-state index in [4.69, 9.17) is 22.7 Å². The Morgan fingerprint density at radius 1 is 1.44 bits per heavy atom. The first kappa shape index (κ1) is 9.80. The summed E-state index contributed by atoms with van der Waals surface area (Å²) in [4.78, 5) is 0. The quantitative estimate of drug-likeness (QED) is 0.267. The molecule has 0 N–H and O–H groups in total. The second kappa shape index (κ2) is 6.91. The summed E-state index contributed by atoms with van der Waals surface area (Å²) in [5.74, 6) is 0.802. The predicted molar refractivity (Wildman–Crippen MR) is 48.4 cm³/mol. The van der Waals surface area contributed by atoms with Crippen LogP contribution in [0.2, 0.25) is 5.54 Å². The summed E-state index contributed by atoms with van der Waals surface area (Å²) >= 11 is 11.2. The van der Waals surface area contributed by atoms with Gasteiger partial charge in [0.05, 0.1) is 0 Å². The van der Waals surface area contributed by atoms with E-state index in [0.717, 1.165) is 17.8 Å². The van der Waals surface area contributed by atoms with Gasteiger partial charge in [-0.05, 0) is 12.0 Å².